The summed E-state index contributed by atoms with van der Waals surface area (Å²) in [6.45, 7) is 1.52. The van der Waals surface area contributed by atoms with Crippen LogP contribution in [-0.4, -0.2) is 57.5 Å². The van der Waals surface area contributed by atoms with Crippen LogP contribution in [0.25, 0.3) is 10.9 Å². The van der Waals surface area contributed by atoms with Crippen LogP contribution in [0, 0.1) is 5.82 Å². The van der Waals surface area contributed by atoms with E-state index in [-0.39, 0.29) is 35.9 Å². The molecule has 2 fully saturated rings. The van der Waals surface area contributed by atoms with Crippen molar-refractivity contribution >= 4 is 34.5 Å². The zero-order valence-corrected chi connectivity index (χ0v) is 19.6. The molecule has 9 heteroatoms. The van der Waals surface area contributed by atoms with Gasteiger partial charge in [0, 0.05) is 42.5 Å². The van der Waals surface area contributed by atoms with Crippen molar-refractivity contribution in [3.05, 3.63) is 70.7 Å². The van der Waals surface area contributed by atoms with Gasteiger partial charge < -0.3 is 14.8 Å². The van der Waals surface area contributed by atoms with Gasteiger partial charge in [0.25, 0.3) is 11.8 Å². The summed E-state index contributed by atoms with van der Waals surface area (Å²) < 4.78 is 14.0. The van der Waals surface area contributed by atoms with Crippen LogP contribution in [-0.2, 0) is 16.1 Å². The van der Waals surface area contributed by atoms with E-state index in [1.54, 1.807) is 28.0 Å². The Morgan fingerprint density at radius 2 is 1.81 bits per heavy atom. The van der Waals surface area contributed by atoms with Crippen molar-refractivity contribution < 1.29 is 23.6 Å². The lowest BCUT2D eigenvalue weighted by Gasteiger charge is -2.32. The smallest absolute Gasteiger partial charge is 0.270 e. The molecule has 2 aromatic carbocycles. The molecule has 1 unspecified atom stereocenters. The first-order valence-corrected chi connectivity index (χ1v) is 12.2. The van der Waals surface area contributed by atoms with Crippen molar-refractivity contribution in [2.24, 2.45) is 0 Å². The Balaban J connectivity index is 1.13. The quantitative estimate of drug-likeness (QED) is 0.553. The maximum Gasteiger partial charge on any atom is 0.270 e. The third-order valence-corrected chi connectivity index (χ3v) is 7.64. The molecule has 3 aliphatic heterocycles. The highest BCUT2D eigenvalue weighted by Gasteiger charge is 2.39. The number of H-pyrrole nitrogens is 1. The number of fused-ring (bicyclic) bond motifs is 2. The molecular formula is C27H25FN4O4. The zero-order chi connectivity index (χ0) is 25.0. The van der Waals surface area contributed by atoms with E-state index in [1.165, 1.54) is 6.07 Å². The second kappa shape index (κ2) is 8.58. The van der Waals surface area contributed by atoms with Gasteiger partial charge in [0.1, 0.15) is 17.6 Å². The average Bonchev–Trinajstić information content (AvgIpc) is 3.46. The van der Waals surface area contributed by atoms with Crippen molar-refractivity contribution in [3.8, 4) is 0 Å². The molecule has 3 aliphatic rings. The number of aromatic nitrogens is 1. The second-order valence-electron chi connectivity index (χ2n) is 9.77. The van der Waals surface area contributed by atoms with E-state index in [0.29, 0.717) is 48.2 Å². The Kier molecular flexibility index (Phi) is 5.35. The number of rotatable bonds is 3. The lowest BCUT2D eigenvalue weighted by Crippen LogP contribution is -2.52. The zero-order valence-electron chi connectivity index (χ0n) is 19.6. The van der Waals surface area contributed by atoms with Crippen LogP contribution in [0.5, 0.6) is 0 Å². The molecule has 0 bridgehead atoms. The molecule has 6 rings (SSSR count). The molecule has 1 atom stereocenters. The monoisotopic (exact) mass is 488 g/mol. The average molecular weight is 489 g/mol. The molecule has 1 aromatic heterocycles. The number of nitrogens with zero attached hydrogens (tertiary/aromatic N) is 2. The number of hydrogen-bond acceptors (Lipinski definition) is 4. The molecule has 0 spiro atoms. The molecule has 0 radical (unpaired) electrons. The van der Waals surface area contributed by atoms with Crippen molar-refractivity contribution in [1.29, 1.82) is 0 Å². The largest absolute Gasteiger partial charge is 0.350 e. The maximum atomic E-state index is 14.0. The first-order chi connectivity index (χ1) is 17.4. The molecule has 0 saturated carbocycles. The van der Waals surface area contributed by atoms with Gasteiger partial charge in [-0.15, -0.1) is 0 Å². The fraction of sp³-hybridized carbons (Fsp3) is 0.333. The van der Waals surface area contributed by atoms with Crippen LogP contribution in [0.1, 0.15) is 63.6 Å². The molecule has 184 valence electrons. The summed E-state index contributed by atoms with van der Waals surface area (Å²) in [6, 6.07) is 11.5. The number of piperidine rings is 2. The molecule has 4 amide bonds. The van der Waals surface area contributed by atoms with Crippen LogP contribution in [0.2, 0.25) is 0 Å². The van der Waals surface area contributed by atoms with Gasteiger partial charge in [-0.25, -0.2) is 4.39 Å². The third kappa shape index (κ3) is 3.75. The Morgan fingerprint density at radius 1 is 1.00 bits per heavy atom. The molecule has 36 heavy (non-hydrogen) atoms. The first kappa shape index (κ1) is 22.5. The first-order valence-electron chi connectivity index (χ1n) is 12.2. The number of amides is 4. The highest BCUT2D eigenvalue weighted by Crippen LogP contribution is 2.34. The van der Waals surface area contributed by atoms with E-state index >= 15 is 0 Å². The number of aromatic amines is 1. The summed E-state index contributed by atoms with van der Waals surface area (Å²) in [5.74, 6) is -1.14. The van der Waals surface area contributed by atoms with E-state index in [2.05, 4.69) is 10.3 Å². The number of imide groups is 1. The number of halogens is 1. The molecule has 4 heterocycles. The summed E-state index contributed by atoms with van der Waals surface area (Å²) in [4.78, 5) is 56.1. The molecule has 3 aromatic rings. The molecular weight excluding hydrogens is 463 g/mol. The number of carbonyl (C=O) groups is 4. The summed E-state index contributed by atoms with van der Waals surface area (Å²) in [6.07, 6.45) is 2.13. The Hall–Kier alpha value is -4.01. The minimum absolute atomic E-state index is 0.136. The normalized spacial score (nSPS) is 20.7. The maximum absolute atomic E-state index is 14.0. The fourth-order valence-electron chi connectivity index (χ4n) is 5.67. The highest BCUT2D eigenvalue weighted by molar-refractivity contribution is 6.05. The molecule has 0 aliphatic carbocycles. The van der Waals surface area contributed by atoms with E-state index in [1.807, 2.05) is 18.2 Å². The van der Waals surface area contributed by atoms with Gasteiger partial charge in [-0.05, 0) is 60.6 Å². The van der Waals surface area contributed by atoms with Gasteiger partial charge in [-0.1, -0.05) is 18.2 Å². The SMILES string of the molecule is O=C1CCC(N2Cc3cc(C4CCN(C(=O)c5cc6c(F)cccc6[nH]5)CC4)ccc3C2=O)C(=O)N1. The van der Waals surface area contributed by atoms with Crippen molar-refractivity contribution in [2.75, 3.05) is 13.1 Å². The van der Waals surface area contributed by atoms with Gasteiger partial charge in [-0.2, -0.15) is 0 Å². The van der Waals surface area contributed by atoms with Gasteiger partial charge in [-0.3, -0.25) is 24.5 Å². The van der Waals surface area contributed by atoms with E-state index in [9.17, 15) is 23.6 Å². The van der Waals surface area contributed by atoms with Crippen LogP contribution in [0.3, 0.4) is 0 Å². The molecule has 2 saturated heterocycles. The summed E-state index contributed by atoms with van der Waals surface area (Å²) in [7, 11) is 0. The van der Waals surface area contributed by atoms with E-state index < -0.39 is 11.9 Å². The number of likely N-dealkylation sites (tertiary alicyclic amines) is 1. The second-order valence-corrected chi connectivity index (χ2v) is 9.77. The van der Waals surface area contributed by atoms with Crippen molar-refractivity contribution in [2.45, 2.75) is 44.2 Å². The number of hydrogen-bond donors (Lipinski definition) is 2. The number of benzene rings is 2. The minimum atomic E-state index is -0.626. The third-order valence-electron chi connectivity index (χ3n) is 7.64. The van der Waals surface area contributed by atoms with Gasteiger partial charge in [0.05, 0.1) is 0 Å². The van der Waals surface area contributed by atoms with Crippen LogP contribution in [0.4, 0.5) is 4.39 Å². The standard InChI is InChI=1S/C27H25FN4O4/c28-20-2-1-3-21-19(20)13-22(29-21)27(36)31-10-8-15(9-11-31)16-4-5-18-17(12-16)14-32(26(18)35)23-6-7-24(33)30-25(23)34/h1-5,12-13,15,23,29H,6-11,14H2,(H,30,33,34). The Morgan fingerprint density at radius 3 is 2.56 bits per heavy atom. The van der Waals surface area contributed by atoms with Crippen LogP contribution < -0.4 is 5.32 Å². The number of nitrogens with one attached hydrogen (secondary N) is 2. The Labute approximate surface area is 206 Å². The van der Waals surface area contributed by atoms with E-state index in [4.69, 9.17) is 0 Å². The highest BCUT2D eigenvalue weighted by atomic mass is 19.1. The summed E-state index contributed by atoms with van der Waals surface area (Å²) >= 11 is 0. The fourth-order valence-corrected chi connectivity index (χ4v) is 5.67. The molecule has 8 nitrogen and oxygen atoms in total. The van der Waals surface area contributed by atoms with Gasteiger partial charge in [0.2, 0.25) is 11.8 Å². The van der Waals surface area contributed by atoms with Crippen molar-refractivity contribution in [3.63, 3.8) is 0 Å². The van der Waals surface area contributed by atoms with Crippen LogP contribution >= 0.6 is 0 Å². The lowest BCUT2D eigenvalue weighted by molar-refractivity contribution is -0.136. The van der Waals surface area contributed by atoms with Crippen LogP contribution in [0.15, 0.2) is 42.5 Å². The predicted molar refractivity (Wildman–Crippen MR) is 129 cm³/mol. The molecule has 2 N–H and O–H groups in total. The summed E-state index contributed by atoms with van der Waals surface area (Å²) in [5.41, 5.74) is 3.60. The lowest BCUT2D eigenvalue weighted by atomic mass is 9.88. The summed E-state index contributed by atoms with van der Waals surface area (Å²) in [5, 5.41) is 2.74. The number of carbonyl (C=O) groups excluding carboxylic acids is 4. The predicted octanol–water partition coefficient (Wildman–Crippen LogP) is 3.09. The van der Waals surface area contributed by atoms with Gasteiger partial charge in [0.15, 0.2) is 0 Å². The van der Waals surface area contributed by atoms with Gasteiger partial charge >= 0.3 is 0 Å². The topological polar surface area (TPSA) is 103 Å². The Bertz CT molecular complexity index is 1420. The van der Waals surface area contributed by atoms with E-state index in [0.717, 1.165) is 24.0 Å². The minimum Gasteiger partial charge on any atom is -0.350 e. The van der Waals surface area contributed by atoms with Crippen molar-refractivity contribution in [1.82, 2.24) is 20.1 Å².